The zero-order valence-corrected chi connectivity index (χ0v) is 30.4. The standard InChI is InChI=1S/C53H34N2O/c1-3-16-35(17-4-1)48-34-49(55-52(54-48)36-18-5-2-6-19-36)39-21-15-20-37(32-39)40-22-7-8-23-41(40)38-30-31-47-51(33-38)56-50-29-14-13-28-46(50)53(47)44-26-11-9-24-42(44)43-25-10-12-27-45(43)53/h1-34H. The van der Waals surface area contributed by atoms with Crippen molar-refractivity contribution >= 4 is 0 Å². The second kappa shape index (κ2) is 12.9. The zero-order valence-electron chi connectivity index (χ0n) is 30.4. The van der Waals surface area contributed by atoms with E-state index in [0.29, 0.717) is 5.82 Å². The molecule has 0 atom stereocenters. The van der Waals surface area contributed by atoms with Crippen molar-refractivity contribution in [2.75, 3.05) is 0 Å². The molecular formula is C53H34N2O. The summed E-state index contributed by atoms with van der Waals surface area (Å²) in [5.74, 6) is 2.46. The molecule has 8 aromatic carbocycles. The van der Waals surface area contributed by atoms with Crippen molar-refractivity contribution in [2.45, 2.75) is 5.41 Å². The van der Waals surface area contributed by atoms with Gasteiger partial charge in [0.25, 0.3) is 0 Å². The van der Waals surface area contributed by atoms with E-state index in [1.165, 1.54) is 27.8 Å². The monoisotopic (exact) mass is 714 g/mol. The van der Waals surface area contributed by atoms with Gasteiger partial charge in [-0.3, -0.25) is 0 Å². The van der Waals surface area contributed by atoms with Crippen LogP contribution in [0.3, 0.4) is 0 Å². The maximum atomic E-state index is 6.86. The molecular weight excluding hydrogens is 681 g/mol. The van der Waals surface area contributed by atoms with Crippen LogP contribution in [0.1, 0.15) is 22.3 Å². The normalized spacial score (nSPS) is 12.9. The van der Waals surface area contributed by atoms with Gasteiger partial charge in [0.15, 0.2) is 5.82 Å². The van der Waals surface area contributed by atoms with Crippen molar-refractivity contribution in [1.82, 2.24) is 9.97 Å². The molecule has 0 amide bonds. The molecule has 0 radical (unpaired) electrons. The van der Waals surface area contributed by atoms with Gasteiger partial charge in [-0.1, -0.05) is 182 Å². The smallest absolute Gasteiger partial charge is 0.160 e. The molecule has 2 aliphatic rings. The second-order valence-corrected chi connectivity index (χ2v) is 14.5. The first-order valence-electron chi connectivity index (χ1n) is 19.1. The third-order valence-corrected chi connectivity index (χ3v) is 11.4. The topological polar surface area (TPSA) is 35.0 Å². The molecule has 0 saturated carbocycles. The summed E-state index contributed by atoms with van der Waals surface area (Å²) in [6.07, 6.45) is 0. The highest BCUT2D eigenvalue weighted by atomic mass is 16.5. The van der Waals surface area contributed by atoms with Crippen LogP contribution in [0.5, 0.6) is 11.5 Å². The molecule has 1 aliphatic heterocycles. The van der Waals surface area contributed by atoms with Crippen LogP contribution in [0, 0.1) is 0 Å². The number of rotatable bonds is 5. The number of benzene rings is 8. The molecule has 1 spiro atoms. The highest BCUT2D eigenvalue weighted by Crippen LogP contribution is 2.62. The third-order valence-electron chi connectivity index (χ3n) is 11.4. The van der Waals surface area contributed by atoms with Gasteiger partial charge in [-0.05, 0) is 68.8 Å². The molecule has 56 heavy (non-hydrogen) atoms. The fourth-order valence-corrected chi connectivity index (χ4v) is 8.93. The number of para-hydroxylation sites is 1. The molecule has 1 aromatic heterocycles. The average Bonchev–Trinajstić information content (AvgIpc) is 3.57. The van der Waals surface area contributed by atoms with Gasteiger partial charge in [0.05, 0.1) is 16.8 Å². The molecule has 0 unspecified atom stereocenters. The Morgan fingerprint density at radius 2 is 0.786 bits per heavy atom. The third kappa shape index (κ3) is 4.98. The quantitative estimate of drug-likeness (QED) is 0.178. The van der Waals surface area contributed by atoms with E-state index in [2.05, 4.69) is 170 Å². The SMILES string of the molecule is c1ccc(-c2cc(-c3cccc(-c4ccccc4-c4ccc5c(c4)Oc4ccccc4C54c5ccccc5-c5ccccc54)c3)nc(-c3ccccc3)n2)cc1. The summed E-state index contributed by atoms with van der Waals surface area (Å²) in [5.41, 5.74) is 16.3. The fourth-order valence-electron chi connectivity index (χ4n) is 8.93. The Hall–Kier alpha value is -7.36. The number of fused-ring (bicyclic) bond motifs is 9. The molecule has 0 saturated heterocycles. The van der Waals surface area contributed by atoms with Crippen LogP contribution in [-0.2, 0) is 5.41 Å². The lowest BCUT2D eigenvalue weighted by Crippen LogP contribution is -2.32. The maximum absolute atomic E-state index is 6.86. The Bertz CT molecular complexity index is 2850. The summed E-state index contributed by atoms with van der Waals surface area (Å²) in [6.45, 7) is 0. The lowest BCUT2D eigenvalue weighted by atomic mass is 9.66. The Kier molecular flexibility index (Phi) is 7.39. The predicted octanol–water partition coefficient (Wildman–Crippen LogP) is 13.3. The van der Waals surface area contributed by atoms with Gasteiger partial charge in [-0.25, -0.2) is 9.97 Å². The molecule has 2 heterocycles. The molecule has 0 N–H and O–H groups in total. The average molecular weight is 715 g/mol. The first kappa shape index (κ1) is 32.1. The Morgan fingerprint density at radius 1 is 0.304 bits per heavy atom. The maximum Gasteiger partial charge on any atom is 0.160 e. The van der Waals surface area contributed by atoms with Crippen LogP contribution in [-0.4, -0.2) is 9.97 Å². The van der Waals surface area contributed by atoms with Crippen LogP contribution in [0.15, 0.2) is 206 Å². The Balaban J connectivity index is 1.04. The molecule has 1 aliphatic carbocycles. The molecule has 3 heteroatoms. The van der Waals surface area contributed by atoms with E-state index >= 15 is 0 Å². The molecule has 3 nitrogen and oxygen atoms in total. The van der Waals surface area contributed by atoms with Crippen molar-refractivity contribution in [3.05, 3.63) is 229 Å². The number of aromatic nitrogens is 2. The van der Waals surface area contributed by atoms with E-state index in [-0.39, 0.29) is 0 Å². The Morgan fingerprint density at radius 3 is 1.46 bits per heavy atom. The van der Waals surface area contributed by atoms with E-state index in [1.807, 2.05) is 36.4 Å². The second-order valence-electron chi connectivity index (χ2n) is 14.5. The van der Waals surface area contributed by atoms with E-state index in [0.717, 1.165) is 67.4 Å². The molecule has 11 rings (SSSR count). The molecule has 0 bridgehead atoms. The number of hydrogen-bond acceptors (Lipinski definition) is 3. The van der Waals surface area contributed by atoms with E-state index in [9.17, 15) is 0 Å². The summed E-state index contributed by atoms with van der Waals surface area (Å²) in [5, 5.41) is 0. The Labute approximate surface area is 326 Å². The van der Waals surface area contributed by atoms with Crippen LogP contribution >= 0.6 is 0 Å². The van der Waals surface area contributed by atoms with Crippen molar-refractivity contribution in [1.29, 1.82) is 0 Å². The summed E-state index contributed by atoms with van der Waals surface area (Å²) < 4.78 is 6.86. The van der Waals surface area contributed by atoms with Crippen LogP contribution in [0.2, 0.25) is 0 Å². The minimum absolute atomic E-state index is 0.488. The van der Waals surface area contributed by atoms with Gasteiger partial charge in [-0.15, -0.1) is 0 Å². The van der Waals surface area contributed by atoms with E-state index in [4.69, 9.17) is 14.7 Å². The van der Waals surface area contributed by atoms with Crippen molar-refractivity contribution in [3.8, 4) is 78.8 Å². The minimum Gasteiger partial charge on any atom is -0.457 e. The zero-order chi connectivity index (χ0) is 37.1. The lowest BCUT2D eigenvalue weighted by Gasteiger charge is -2.39. The van der Waals surface area contributed by atoms with Gasteiger partial charge in [0.2, 0.25) is 0 Å². The summed E-state index contributed by atoms with van der Waals surface area (Å²) in [4.78, 5) is 10.1. The van der Waals surface area contributed by atoms with Gasteiger partial charge in [-0.2, -0.15) is 0 Å². The first-order valence-corrected chi connectivity index (χ1v) is 19.1. The van der Waals surface area contributed by atoms with Gasteiger partial charge in [0, 0.05) is 27.8 Å². The molecule has 262 valence electrons. The van der Waals surface area contributed by atoms with Gasteiger partial charge in [0.1, 0.15) is 11.5 Å². The van der Waals surface area contributed by atoms with Crippen molar-refractivity contribution < 1.29 is 4.74 Å². The highest BCUT2D eigenvalue weighted by Gasteiger charge is 2.50. The van der Waals surface area contributed by atoms with Crippen LogP contribution in [0.4, 0.5) is 0 Å². The fraction of sp³-hybridized carbons (Fsp3) is 0.0189. The number of ether oxygens (including phenoxy) is 1. The molecule has 0 fully saturated rings. The van der Waals surface area contributed by atoms with Crippen LogP contribution in [0.25, 0.3) is 67.3 Å². The largest absolute Gasteiger partial charge is 0.457 e. The summed E-state index contributed by atoms with van der Waals surface area (Å²) >= 11 is 0. The highest BCUT2D eigenvalue weighted by molar-refractivity contribution is 5.90. The summed E-state index contributed by atoms with van der Waals surface area (Å²) in [6, 6.07) is 73.0. The first-order chi connectivity index (χ1) is 27.8. The lowest BCUT2D eigenvalue weighted by molar-refractivity contribution is 0.436. The number of nitrogens with zero attached hydrogens (tertiary/aromatic N) is 2. The van der Waals surface area contributed by atoms with Gasteiger partial charge < -0.3 is 4.74 Å². The van der Waals surface area contributed by atoms with Crippen LogP contribution < -0.4 is 4.74 Å². The van der Waals surface area contributed by atoms with Crippen molar-refractivity contribution in [2.24, 2.45) is 0 Å². The van der Waals surface area contributed by atoms with E-state index in [1.54, 1.807) is 0 Å². The van der Waals surface area contributed by atoms with Crippen molar-refractivity contribution in [3.63, 3.8) is 0 Å². The van der Waals surface area contributed by atoms with Gasteiger partial charge >= 0.3 is 0 Å². The number of hydrogen-bond donors (Lipinski definition) is 0. The molecule has 9 aromatic rings. The predicted molar refractivity (Wildman–Crippen MR) is 227 cm³/mol. The summed E-state index contributed by atoms with van der Waals surface area (Å²) in [7, 11) is 0. The minimum atomic E-state index is -0.488. The van der Waals surface area contributed by atoms with E-state index < -0.39 is 5.41 Å².